The van der Waals surface area contributed by atoms with E-state index >= 15 is 0 Å². The number of ketones is 1. The predicted octanol–water partition coefficient (Wildman–Crippen LogP) is 7.16. The first kappa shape index (κ1) is 25.1. The van der Waals surface area contributed by atoms with Gasteiger partial charge >= 0.3 is 0 Å². The van der Waals surface area contributed by atoms with Crippen LogP contribution in [0.5, 0.6) is 5.75 Å². The van der Waals surface area contributed by atoms with E-state index in [1.165, 1.54) is 25.7 Å². The minimum atomic E-state index is 0.312. The smallest absolute Gasteiger partial charge is 0.258 e. The summed E-state index contributed by atoms with van der Waals surface area (Å²) in [5.41, 5.74) is 6.11. The van der Waals surface area contributed by atoms with Crippen molar-refractivity contribution >= 4 is 5.78 Å². The largest absolute Gasteiger partial charge is 0.493 e. The lowest BCUT2D eigenvalue weighted by Gasteiger charge is -2.14. The molecular weight excluding hydrogens is 438 g/mol. The van der Waals surface area contributed by atoms with E-state index in [1.807, 2.05) is 32.9 Å². The zero-order chi connectivity index (χ0) is 24.8. The van der Waals surface area contributed by atoms with E-state index in [0.29, 0.717) is 42.9 Å². The van der Waals surface area contributed by atoms with Gasteiger partial charge in [0.05, 0.1) is 6.61 Å². The highest BCUT2D eigenvalue weighted by Gasteiger charge is 2.21. The van der Waals surface area contributed by atoms with E-state index in [-0.39, 0.29) is 0 Å². The van der Waals surface area contributed by atoms with Crippen LogP contribution in [-0.2, 0) is 11.2 Å². The summed E-state index contributed by atoms with van der Waals surface area (Å²) in [5.74, 6) is 2.84. The Bertz CT molecular complexity index is 1160. The van der Waals surface area contributed by atoms with Crippen molar-refractivity contribution in [3.05, 3.63) is 46.8 Å². The van der Waals surface area contributed by atoms with Crippen molar-refractivity contribution in [1.29, 1.82) is 0 Å². The van der Waals surface area contributed by atoms with E-state index in [0.717, 1.165) is 58.7 Å². The van der Waals surface area contributed by atoms with Gasteiger partial charge in [0.1, 0.15) is 11.5 Å². The topological polar surface area (TPSA) is 78.1 Å². The number of rotatable bonds is 11. The van der Waals surface area contributed by atoms with Crippen LogP contribution in [0.15, 0.2) is 28.8 Å². The Balaban J connectivity index is 1.51. The van der Waals surface area contributed by atoms with Crippen LogP contribution in [0.2, 0.25) is 0 Å². The molecule has 3 aromatic rings. The molecule has 6 nitrogen and oxygen atoms in total. The summed E-state index contributed by atoms with van der Waals surface area (Å²) in [7, 11) is 0. The summed E-state index contributed by atoms with van der Waals surface area (Å²) in [5, 5.41) is 4.29. The Morgan fingerprint density at radius 3 is 2.57 bits per heavy atom. The van der Waals surface area contributed by atoms with Gasteiger partial charge in [-0.2, -0.15) is 4.98 Å². The van der Waals surface area contributed by atoms with Crippen molar-refractivity contribution in [2.75, 3.05) is 6.61 Å². The Hall–Kier alpha value is -3.02. The molecule has 2 heterocycles. The Morgan fingerprint density at radius 1 is 1.03 bits per heavy atom. The maximum Gasteiger partial charge on any atom is 0.258 e. The third kappa shape index (κ3) is 6.16. The molecule has 0 radical (unpaired) electrons. The summed E-state index contributed by atoms with van der Waals surface area (Å²) in [4.78, 5) is 21.3. The normalized spacial score (nSPS) is 13.9. The van der Waals surface area contributed by atoms with Gasteiger partial charge in [0.25, 0.3) is 5.89 Å². The third-order valence-electron chi connectivity index (χ3n) is 6.79. The quantitative estimate of drug-likeness (QED) is 0.274. The Kier molecular flexibility index (Phi) is 8.32. The highest BCUT2D eigenvalue weighted by Crippen LogP contribution is 2.35. The van der Waals surface area contributed by atoms with Crippen molar-refractivity contribution in [2.45, 2.75) is 91.4 Å². The number of ether oxygens (including phenoxy) is 1. The van der Waals surface area contributed by atoms with Gasteiger partial charge < -0.3 is 9.26 Å². The molecule has 186 valence electrons. The van der Waals surface area contributed by atoms with Gasteiger partial charge in [-0.15, -0.1) is 0 Å². The fraction of sp³-hybridized carbons (Fsp3) is 0.517. The summed E-state index contributed by atoms with van der Waals surface area (Å²) >= 11 is 0. The van der Waals surface area contributed by atoms with Crippen LogP contribution in [0.1, 0.15) is 93.6 Å². The number of hydrogen-bond donors (Lipinski definition) is 0. The number of carbonyl (C=O) groups is 1. The molecule has 1 aromatic carbocycles. The molecule has 0 spiro atoms. The highest BCUT2D eigenvalue weighted by atomic mass is 16.5. The van der Waals surface area contributed by atoms with Crippen LogP contribution >= 0.6 is 0 Å². The highest BCUT2D eigenvalue weighted by molar-refractivity contribution is 5.78. The number of hydrogen-bond acceptors (Lipinski definition) is 6. The summed E-state index contributed by atoms with van der Waals surface area (Å²) < 4.78 is 11.8. The molecular formula is C29H37N3O3. The molecule has 0 unspecified atom stereocenters. The van der Waals surface area contributed by atoms with E-state index in [2.05, 4.69) is 24.2 Å². The van der Waals surface area contributed by atoms with Crippen molar-refractivity contribution in [2.24, 2.45) is 0 Å². The molecule has 2 aromatic heterocycles. The van der Waals surface area contributed by atoms with E-state index in [4.69, 9.17) is 19.2 Å². The molecule has 0 bridgehead atoms. The number of benzene rings is 1. The number of carbonyl (C=O) groups excluding carboxylic acids is 1. The molecule has 0 aliphatic heterocycles. The average molecular weight is 476 g/mol. The number of Topliss-reactive ketones (excluding diaryl/α,β-unsaturated/α-hetero) is 1. The zero-order valence-electron chi connectivity index (χ0n) is 21.5. The zero-order valence-corrected chi connectivity index (χ0v) is 21.5. The van der Waals surface area contributed by atoms with Crippen molar-refractivity contribution in [3.63, 3.8) is 0 Å². The van der Waals surface area contributed by atoms with Crippen LogP contribution in [0.4, 0.5) is 0 Å². The molecule has 0 N–H and O–H groups in total. The second-order valence-corrected chi connectivity index (χ2v) is 9.70. The SMILES string of the molecule is CCCC(=O)CCCOc1c(C)cc(-c2noc(-c3cc(C)nc(C4CCCC4)c3)n2)cc1CC. The summed E-state index contributed by atoms with van der Waals surface area (Å²) in [6.45, 7) is 8.75. The van der Waals surface area contributed by atoms with Crippen LogP contribution in [0.25, 0.3) is 22.8 Å². The van der Waals surface area contributed by atoms with E-state index in [1.54, 1.807) is 0 Å². The van der Waals surface area contributed by atoms with Crippen LogP contribution in [0.3, 0.4) is 0 Å². The predicted molar refractivity (Wildman–Crippen MR) is 138 cm³/mol. The first-order chi connectivity index (χ1) is 17.0. The lowest BCUT2D eigenvalue weighted by Crippen LogP contribution is -2.05. The van der Waals surface area contributed by atoms with E-state index < -0.39 is 0 Å². The fourth-order valence-electron chi connectivity index (χ4n) is 5.00. The first-order valence-corrected chi connectivity index (χ1v) is 13.1. The fourth-order valence-corrected chi connectivity index (χ4v) is 5.00. The Morgan fingerprint density at radius 2 is 1.83 bits per heavy atom. The van der Waals surface area contributed by atoms with Crippen LogP contribution < -0.4 is 4.74 Å². The van der Waals surface area contributed by atoms with Gasteiger partial charge in [-0.1, -0.05) is 31.8 Å². The summed E-state index contributed by atoms with van der Waals surface area (Å²) in [6, 6.07) is 8.26. The van der Waals surface area contributed by atoms with Gasteiger partial charge in [-0.25, -0.2) is 0 Å². The molecule has 0 amide bonds. The lowest BCUT2D eigenvalue weighted by molar-refractivity contribution is -0.119. The minimum Gasteiger partial charge on any atom is -0.493 e. The molecule has 6 heteroatoms. The van der Waals surface area contributed by atoms with Crippen molar-refractivity contribution in [1.82, 2.24) is 15.1 Å². The molecule has 35 heavy (non-hydrogen) atoms. The standard InChI is InChI=1S/C29H37N3O3/c1-5-10-25(33)13-9-14-34-27-19(3)15-23(17-21(27)6-2)28-31-29(35-32-28)24-16-20(4)30-26(18-24)22-11-7-8-12-22/h15-18,22H,5-14H2,1-4H3. The van der Waals surface area contributed by atoms with Gasteiger partial charge in [-0.3, -0.25) is 9.78 Å². The molecule has 4 rings (SSSR count). The second kappa shape index (κ2) is 11.6. The number of pyridine rings is 1. The maximum absolute atomic E-state index is 11.8. The summed E-state index contributed by atoms with van der Waals surface area (Å²) in [6.07, 6.45) is 8.66. The van der Waals surface area contributed by atoms with Crippen molar-refractivity contribution < 1.29 is 14.1 Å². The van der Waals surface area contributed by atoms with Gasteiger partial charge in [-0.05, 0) is 81.3 Å². The molecule has 1 aliphatic rings. The van der Waals surface area contributed by atoms with Crippen LogP contribution in [0, 0.1) is 13.8 Å². The third-order valence-corrected chi connectivity index (χ3v) is 6.79. The molecule has 1 fully saturated rings. The van der Waals surface area contributed by atoms with Gasteiger partial charge in [0.2, 0.25) is 5.82 Å². The van der Waals surface area contributed by atoms with Gasteiger partial charge in [0, 0.05) is 41.3 Å². The monoisotopic (exact) mass is 475 g/mol. The Labute approximate surface area is 208 Å². The second-order valence-electron chi connectivity index (χ2n) is 9.70. The lowest BCUT2D eigenvalue weighted by atomic mass is 10.0. The minimum absolute atomic E-state index is 0.312. The molecule has 0 saturated heterocycles. The van der Waals surface area contributed by atoms with Crippen molar-refractivity contribution in [3.8, 4) is 28.6 Å². The maximum atomic E-state index is 11.8. The van der Waals surface area contributed by atoms with Gasteiger partial charge in [0.15, 0.2) is 0 Å². The molecule has 0 atom stereocenters. The number of nitrogens with zero attached hydrogens (tertiary/aromatic N) is 3. The first-order valence-electron chi connectivity index (χ1n) is 13.1. The average Bonchev–Trinajstić information content (AvgIpc) is 3.55. The number of aromatic nitrogens is 3. The molecule has 1 aliphatic carbocycles. The molecule has 1 saturated carbocycles. The van der Waals surface area contributed by atoms with Crippen LogP contribution in [-0.4, -0.2) is 27.5 Å². The number of aryl methyl sites for hydroxylation is 3. The van der Waals surface area contributed by atoms with E-state index in [9.17, 15) is 4.79 Å².